The average Bonchev–Trinajstić information content (AvgIpc) is 3.51. The number of carbonyl (C=O) groups excluding carboxylic acids is 2. The number of amides is 2. The molecule has 4 heterocycles. The van der Waals surface area contributed by atoms with Crippen molar-refractivity contribution < 1.29 is 32.2 Å². The molecular formula is C22H20F3N5O4. The second-order valence-electron chi connectivity index (χ2n) is 8.41. The normalized spacial score (nSPS) is 20.0. The molecule has 3 aromatic rings. The molecule has 0 spiro atoms. The number of nitrogens with one attached hydrogen (secondary N) is 1. The number of hydrogen-bond donors (Lipinski definition) is 1. The second kappa shape index (κ2) is 8.50. The summed E-state index contributed by atoms with van der Waals surface area (Å²) in [6.07, 6.45) is -2.10. The first kappa shape index (κ1) is 22.0. The van der Waals surface area contributed by atoms with Gasteiger partial charge in [0, 0.05) is 49.6 Å². The van der Waals surface area contributed by atoms with Crippen LogP contribution in [0.25, 0.3) is 11.0 Å². The van der Waals surface area contributed by atoms with E-state index in [2.05, 4.69) is 19.9 Å². The topological polar surface area (TPSA) is 101 Å². The molecule has 1 aromatic carbocycles. The molecule has 0 bridgehead atoms. The fourth-order valence-electron chi connectivity index (χ4n) is 4.47. The lowest BCUT2D eigenvalue weighted by molar-refractivity contribution is -0.274. The molecule has 0 radical (unpaired) electrons. The Labute approximate surface area is 191 Å². The van der Waals surface area contributed by atoms with Gasteiger partial charge in [-0.05, 0) is 23.8 Å². The molecule has 2 amide bonds. The lowest BCUT2D eigenvalue weighted by Crippen LogP contribution is -2.35. The molecule has 1 N–H and O–H groups in total. The molecule has 178 valence electrons. The number of nitrogens with zero attached hydrogens (tertiary/aromatic N) is 4. The highest BCUT2D eigenvalue weighted by molar-refractivity contribution is 5.97. The minimum absolute atomic E-state index is 0.0644. The van der Waals surface area contributed by atoms with Crippen molar-refractivity contribution in [2.75, 3.05) is 26.2 Å². The summed E-state index contributed by atoms with van der Waals surface area (Å²) in [6, 6.07) is 6.91. The molecule has 0 unspecified atom stereocenters. The van der Waals surface area contributed by atoms with Crippen LogP contribution in [0, 0.1) is 11.8 Å². The van der Waals surface area contributed by atoms with Gasteiger partial charge in [-0.1, -0.05) is 12.1 Å². The van der Waals surface area contributed by atoms with Gasteiger partial charge in [0.15, 0.2) is 5.65 Å². The predicted molar refractivity (Wildman–Crippen MR) is 112 cm³/mol. The molecule has 2 aliphatic rings. The number of alkyl halides is 3. The summed E-state index contributed by atoms with van der Waals surface area (Å²) in [5, 5.41) is 7.43. The van der Waals surface area contributed by atoms with Crippen molar-refractivity contribution in [3.8, 4) is 5.75 Å². The van der Waals surface area contributed by atoms with Crippen LogP contribution in [0.5, 0.6) is 5.75 Å². The second-order valence-corrected chi connectivity index (χ2v) is 8.41. The van der Waals surface area contributed by atoms with Crippen LogP contribution in [0.1, 0.15) is 15.9 Å². The number of pyridine rings is 1. The Bertz CT molecular complexity index is 1200. The molecule has 0 saturated carbocycles. The van der Waals surface area contributed by atoms with Crippen LogP contribution in [0.3, 0.4) is 0 Å². The third-order valence-corrected chi connectivity index (χ3v) is 6.09. The van der Waals surface area contributed by atoms with Crippen LogP contribution >= 0.6 is 0 Å². The molecule has 2 fully saturated rings. The molecule has 2 aromatic heterocycles. The number of carbonyl (C=O) groups is 2. The van der Waals surface area contributed by atoms with Crippen molar-refractivity contribution >= 4 is 23.0 Å². The minimum atomic E-state index is -4.76. The van der Waals surface area contributed by atoms with E-state index in [9.17, 15) is 22.8 Å². The van der Waals surface area contributed by atoms with Gasteiger partial charge in [-0.15, -0.1) is 13.2 Å². The van der Waals surface area contributed by atoms with Crippen LogP contribution in [0.2, 0.25) is 0 Å². The zero-order valence-corrected chi connectivity index (χ0v) is 17.8. The number of ether oxygens (including phenoxy) is 2. The number of hydrogen-bond acceptors (Lipinski definition) is 6. The molecule has 5 rings (SSSR count). The van der Waals surface area contributed by atoms with Crippen molar-refractivity contribution in [1.29, 1.82) is 0 Å². The van der Waals surface area contributed by atoms with Crippen LogP contribution in [-0.2, 0) is 11.3 Å². The third kappa shape index (κ3) is 4.61. The van der Waals surface area contributed by atoms with Crippen molar-refractivity contribution in [1.82, 2.24) is 25.0 Å². The van der Waals surface area contributed by atoms with Gasteiger partial charge in [-0.3, -0.25) is 9.89 Å². The van der Waals surface area contributed by atoms with E-state index in [1.807, 2.05) is 0 Å². The SMILES string of the molecule is O=C(OCc1ccc(OC(F)(F)F)cc1)N1C[C@@H]2CN(C(=O)c3cnc4[nH]ncc4c3)C[C@H]2C1. The van der Waals surface area contributed by atoms with E-state index in [1.165, 1.54) is 30.5 Å². The molecular weight excluding hydrogens is 455 g/mol. The zero-order chi connectivity index (χ0) is 23.9. The van der Waals surface area contributed by atoms with Gasteiger partial charge in [-0.2, -0.15) is 5.10 Å². The Balaban J connectivity index is 1.11. The summed E-state index contributed by atoms with van der Waals surface area (Å²) < 4.78 is 45.9. The Morgan fingerprint density at radius 3 is 2.38 bits per heavy atom. The maximum absolute atomic E-state index is 12.9. The highest BCUT2D eigenvalue weighted by Gasteiger charge is 2.43. The van der Waals surface area contributed by atoms with E-state index < -0.39 is 12.5 Å². The molecule has 34 heavy (non-hydrogen) atoms. The van der Waals surface area contributed by atoms with Gasteiger partial charge < -0.3 is 19.3 Å². The fraction of sp³-hybridized carbons (Fsp3) is 0.364. The predicted octanol–water partition coefficient (Wildman–Crippen LogP) is 3.20. The van der Waals surface area contributed by atoms with Crippen LogP contribution in [0.4, 0.5) is 18.0 Å². The smallest absolute Gasteiger partial charge is 0.445 e. The standard InChI is InChI=1S/C22H20F3N5O4/c23-22(24,25)34-18-3-1-13(2-4-18)12-33-21(32)30-10-16-8-29(9-17(16)11-30)20(31)15-5-14-7-27-28-19(14)26-6-15/h1-7,16-17H,8-12H2,(H,26,27,28)/t16-,17-/m0/s1. The number of rotatable bonds is 4. The first-order valence-corrected chi connectivity index (χ1v) is 10.6. The largest absolute Gasteiger partial charge is 0.573 e. The average molecular weight is 475 g/mol. The maximum atomic E-state index is 12.9. The number of aromatic nitrogens is 3. The maximum Gasteiger partial charge on any atom is 0.573 e. The van der Waals surface area contributed by atoms with Crippen LogP contribution < -0.4 is 4.74 Å². The van der Waals surface area contributed by atoms with Crippen molar-refractivity contribution in [2.24, 2.45) is 11.8 Å². The van der Waals surface area contributed by atoms with E-state index in [1.54, 1.807) is 22.1 Å². The van der Waals surface area contributed by atoms with E-state index in [0.717, 1.165) is 5.39 Å². The summed E-state index contributed by atoms with van der Waals surface area (Å²) in [6.45, 7) is 1.97. The van der Waals surface area contributed by atoms with Crippen molar-refractivity contribution in [3.05, 3.63) is 53.9 Å². The lowest BCUT2D eigenvalue weighted by atomic mass is 10.0. The highest BCUT2D eigenvalue weighted by Crippen LogP contribution is 2.32. The summed E-state index contributed by atoms with van der Waals surface area (Å²) in [5.41, 5.74) is 1.66. The summed E-state index contributed by atoms with van der Waals surface area (Å²) in [4.78, 5) is 33.0. The number of halogens is 3. The van der Waals surface area contributed by atoms with E-state index in [4.69, 9.17) is 4.74 Å². The van der Waals surface area contributed by atoms with Gasteiger partial charge in [-0.25, -0.2) is 9.78 Å². The number of likely N-dealkylation sites (tertiary alicyclic amines) is 2. The first-order chi connectivity index (χ1) is 16.2. The third-order valence-electron chi connectivity index (χ3n) is 6.09. The summed E-state index contributed by atoms with van der Waals surface area (Å²) in [7, 11) is 0. The monoisotopic (exact) mass is 475 g/mol. The Hall–Kier alpha value is -3.83. The molecule has 12 heteroatoms. The quantitative estimate of drug-likeness (QED) is 0.622. The molecule has 9 nitrogen and oxygen atoms in total. The van der Waals surface area contributed by atoms with E-state index >= 15 is 0 Å². The molecule has 0 aliphatic carbocycles. The number of fused-ring (bicyclic) bond motifs is 2. The number of aromatic amines is 1. The van der Waals surface area contributed by atoms with Gasteiger partial charge in [0.05, 0.1) is 11.8 Å². The highest BCUT2D eigenvalue weighted by atomic mass is 19.4. The van der Waals surface area contributed by atoms with Gasteiger partial charge in [0.1, 0.15) is 12.4 Å². The molecule has 2 aliphatic heterocycles. The molecule has 2 atom stereocenters. The zero-order valence-electron chi connectivity index (χ0n) is 17.8. The van der Waals surface area contributed by atoms with E-state index in [0.29, 0.717) is 43.0 Å². The van der Waals surface area contributed by atoms with Gasteiger partial charge in [0.25, 0.3) is 5.91 Å². The van der Waals surface area contributed by atoms with Crippen molar-refractivity contribution in [2.45, 2.75) is 13.0 Å². The van der Waals surface area contributed by atoms with Crippen LogP contribution in [0.15, 0.2) is 42.7 Å². The van der Waals surface area contributed by atoms with Gasteiger partial charge >= 0.3 is 12.5 Å². The van der Waals surface area contributed by atoms with Crippen LogP contribution in [-0.4, -0.2) is 69.5 Å². The van der Waals surface area contributed by atoms with E-state index in [-0.39, 0.29) is 30.1 Å². The first-order valence-electron chi connectivity index (χ1n) is 10.6. The molecule has 2 saturated heterocycles. The Kier molecular flexibility index (Phi) is 5.50. The summed E-state index contributed by atoms with van der Waals surface area (Å²) in [5.74, 6) is -0.131. The Morgan fingerprint density at radius 2 is 1.71 bits per heavy atom. The lowest BCUT2D eigenvalue weighted by Gasteiger charge is -2.21. The Morgan fingerprint density at radius 1 is 1.03 bits per heavy atom. The summed E-state index contributed by atoms with van der Waals surface area (Å²) >= 11 is 0. The number of H-pyrrole nitrogens is 1. The number of benzene rings is 1. The van der Waals surface area contributed by atoms with Crippen molar-refractivity contribution in [3.63, 3.8) is 0 Å². The van der Waals surface area contributed by atoms with Gasteiger partial charge in [0.2, 0.25) is 0 Å². The minimum Gasteiger partial charge on any atom is -0.445 e. The fourth-order valence-corrected chi connectivity index (χ4v) is 4.47.